The van der Waals surface area contributed by atoms with Gasteiger partial charge in [-0.05, 0) is 36.2 Å². The number of Topliss-reactive ketones (excluding diaryl/α,β-unsaturated/α-hetero) is 1. The number of nitrogens with one attached hydrogen (secondary N) is 2. The highest BCUT2D eigenvalue weighted by Gasteiger charge is 2.15. The van der Waals surface area contributed by atoms with Crippen LogP contribution in [0.1, 0.15) is 41.0 Å². The van der Waals surface area contributed by atoms with Crippen molar-refractivity contribution in [2.24, 2.45) is 5.92 Å². The van der Waals surface area contributed by atoms with Gasteiger partial charge in [0.15, 0.2) is 12.4 Å². The van der Waals surface area contributed by atoms with Crippen molar-refractivity contribution in [3.63, 3.8) is 0 Å². The second-order valence-corrected chi connectivity index (χ2v) is 6.97. The monoisotopic (exact) mass is 378 g/mol. The molecule has 2 aromatic carbocycles. The Morgan fingerprint density at radius 3 is 2.46 bits per heavy atom. The predicted molar refractivity (Wildman–Crippen MR) is 107 cm³/mol. The van der Waals surface area contributed by atoms with E-state index in [4.69, 9.17) is 4.74 Å². The average molecular weight is 378 g/mol. The van der Waals surface area contributed by atoms with Crippen LogP contribution in [0.15, 0.2) is 54.7 Å². The van der Waals surface area contributed by atoms with Gasteiger partial charge in [-0.2, -0.15) is 0 Å². The van der Waals surface area contributed by atoms with Crippen molar-refractivity contribution < 1.29 is 19.1 Å². The van der Waals surface area contributed by atoms with Gasteiger partial charge in [0.05, 0.1) is 5.56 Å². The first-order valence-corrected chi connectivity index (χ1v) is 9.10. The van der Waals surface area contributed by atoms with E-state index >= 15 is 0 Å². The average Bonchev–Trinajstić information content (AvgIpc) is 3.10. The molecular weight excluding hydrogens is 356 g/mol. The number of benzene rings is 2. The molecule has 28 heavy (non-hydrogen) atoms. The van der Waals surface area contributed by atoms with E-state index in [0.717, 1.165) is 10.9 Å². The number of ether oxygens (including phenoxy) is 1. The van der Waals surface area contributed by atoms with Crippen molar-refractivity contribution in [1.82, 2.24) is 4.98 Å². The van der Waals surface area contributed by atoms with Gasteiger partial charge in [0, 0.05) is 34.8 Å². The number of esters is 1. The predicted octanol–water partition coefficient (Wildman–Crippen LogP) is 4.19. The molecule has 0 saturated carbocycles. The number of hydrogen-bond acceptors (Lipinski definition) is 4. The number of fused-ring (bicyclic) bond motifs is 1. The van der Waals surface area contributed by atoms with Crippen molar-refractivity contribution in [1.29, 1.82) is 0 Å². The van der Waals surface area contributed by atoms with Gasteiger partial charge in [-0.1, -0.05) is 32.0 Å². The van der Waals surface area contributed by atoms with E-state index in [0.29, 0.717) is 23.2 Å². The molecule has 6 nitrogen and oxygen atoms in total. The van der Waals surface area contributed by atoms with E-state index in [9.17, 15) is 14.4 Å². The Labute approximate surface area is 162 Å². The number of H-pyrrole nitrogens is 1. The molecule has 6 heteroatoms. The Hall–Kier alpha value is -3.41. The summed E-state index contributed by atoms with van der Waals surface area (Å²) in [5.41, 5.74) is 2.26. The maximum Gasteiger partial charge on any atom is 0.340 e. The van der Waals surface area contributed by atoms with Crippen LogP contribution in [0.25, 0.3) is 10.9 Å². The summed E-state index contributed by atoms with van der Waals surface area (Å²) >= 11 is 0. The molecule has 1 aromatic heterocycles. The molecule has 0 spiro atoms. The van der Waals surface area contributed by atoms with E-state index < -0.39 is 5.97 Å². The quantitative estimate of drug-likeness (QED) is 0.477. The largest absolute Gasteiger partial charge is 0.454 e. The van der Waals surface area contributed by atoms with Crippen molar-refractivity contribution in [2.45, 2.75) is 20.3 Å². The number of para-hydroxylation sites is 1. The van der Waals surface area contributed by atoms with Crippen LogP contribution in [0.4, 0.5) is 5.69 Å². The minimum Gasteiger partial charge on any atom is -0.454 e. The summed E-state index contributed by atoms with van der Waals surface area (Å²) in [5, 5.41) is 3.54. The van der Waals surface area contributed by atoms with Crippen LogP contribution in [-0.4, -0.2) is 29.3 Å². The first kappa shape index (κ1) is 19.4. The Morgan fingerprint density at radius 1 is 1.04 bits per heavy atom. The van der Waals surface area contributed by atoms with Gasteiger partial charge in [-0.3, -0.25) is 9.59 Å². The van der Waals surface area contributed by atoms with Crippen LogP contribution >= 0.6 is 0 Å². The summed E-state index contributed by atoms with van der Waals surface area (Å²) in [4.78, 5) is 39.4. The van der Waals surface area contributed by atoms with Gasteiger partial charge in [-0.25, -0.2) is 4.79 Å². The van der Waals surface area contributed by atoms with E-state index in [-0.39, 0.29) is 24.2 Å². The SMILES string of the molecule is CC(C)CC(=O)Nc1ccc(C(=O)COC(=O)c2c[nH]c3ccccc23)cc1. The van der Waals surface area contributed by atoms with E-state index in [1.165, 1.54) is 0 Å². The van der Waals surface area contributed by atoms with Gasteiger partial charge < -0.3 is 15.0 Å². The lowest BCUT2D eigenvalue weighted by Crippen LogP contribution is -2.15. The minimum absolute atomic E-state index is 0.0678. The normalized spacial score (nSPS) is 10.8. The number of aromatic nitrogens is 1. The third kappa shape index (κ3) is 4.65. The molecule has 2 N–H and O–H groups in total. The molecule has 0 bridgehead atoms. The smallest absolute Gasteiger partial charge is 0.340 e. The van der Waals surface area contributed by atoms with Gasteiger partial charge >= 0.3 is 5.97 Å². The molecule has 3 rings (SSSR count). The summed E-state index contributed by atoms with van der Waals surface area (Å²) < 4.78 is 5.17. The number of carbonyl (C=O) groups excluding carboxylic acids is 3. The molecule has 3 aromatic rings. The van der Waals surface area contributed by atoms with Crippen molar-refractivity contribution in [2.75, 3.05) is 11.9 Å². The van der Waals surface area contributed by atoms with Crippen molar-refractivity contribution in [3.8, 4) is 0 Å². The van der Waals surface area contributed by atoms with Crippen LogP contribution in [0.2, 0.25) is 0 Å². The first-order valence-electron chi connectivity index (χ1n) is 9.10. The summed E-state index contributed by atoms with van der Waals surface area (Å²) in [6.45, 7) is 3.59. The highest BCUT2D eigenvalue weighted by molar-refractivity contribution is 6.05. The van der Waals surface area contributed by atoms with Crippen LogP contribution < -0.4 is 5.32 Å². The summed E-state index contributed by atoms with van der Waals surface area (Å²) in [7, 11) is 0. The fourth-order valence-electron chi connectivity index (χ4n) is 2.85. The Kier molecular flexibility index (Phi) is 5.89. The number of hydrogen-bond donors (Lipinski definition) is 2. The fraction of sp³-hybridized carbons (Fsp3) is 0.227. The molecule has 0 aliphatic heterocycles. The van der Waals surface area contributed by atoms with Gasteiger partial charge in [-0.15, -0.1) is 0 Å². The number of ketones is 1. The zero-order valence-corrected chi connectivity index (χ0v) is 15.8. The second kappa shape index (κ2) is 8.52. The van der Waals surface area contributed by atoms with Gasteiger partial charge in [0.1, 0.15) is 0 Å². The molecule has 0 atom stereocenters. The molecule has 1 amide bonds. The maximum absolute atomic E-state index is 12.3. The number of aromatic amines is 1. The van der Waals surface area contributed by atoms with Gasteiger partial charge in [0.2, 0.25) is 5.91 Å². The fourth-order valence-corrected chi connectivity index (χ4v) is 2.85. The lowest BCUT2D eigenvalue weighted by atomic mass is 10.1. The van der Waals surface area contributed by atoms with Crippen molar-refractivity contribution >= 4 is 34.3 Å². The van der Waals surface area contributed by atoms with E-state index in [1.54, 1.807) is 30.5 Å². The van der Waals surface area contributed by atoms with E-state index in [1.807, 2.05) is 38.1 Å². The minimum atomic E-state index is -0.552. The molecule has 0 radical (unpaired) electrons. The lowest BCUT2D eigenvalue weighted by Gasteiger charge is -2.08. The number of carbonyl (C=O) groups is 3. The molecule has 0 aliphatic rings. The zero-order chi connectivity index (χ0) is 20.1. The summed E-state index contributed by atoms with van der Waals surface area (Å²) in [6.07, 6.45) is 2.01. The van der Waals surface area contributed by atoms with Crippen molar-refractivity contribution in [3.05, 3.63) is 65.9 Å². The summed E-state index contributed by atoms with van der Waals surface area (Å²) in [5.74, 6) is -0.661. The van der Waals surface area contributed by atoms with Gasteiger partial charge in [0.25, 0.3) is 0 Å². The zero-order valence-electron chi connectivity index (χ0n) is 15.8. The molecule has 0 unspecified atom stereocenters. The summed E-state index contributed by atoms with van der Waals surface area (Å²) in [6, 6.07) is 13.9. The topological polar surface area (TPSA) is 88.3 Å². The molecule has 0 saturated heterocycles. The molecule has 1 heterocycles. The van der Waals surface area contributed by atoms with Crippen LogP contribution in [0.3, 0.4) is 0 Å². The molecule has 0 fully saturated rings. The van der Waals surface area contributed by atoms with E-state index in [2.05, 4.69) is 10.3 Å². The highest BCUT2D eigenvalue weighted by Crippen LogP contribution is 2.18. The number of rotatable bonds is 7. The standard InChI is InChI=1S/C22H22N2O4/c1-14(2)11-21(26)24-16-9-7-15(8-10-16)20(25)13-28-22(27)18-12-23-19-6-4-3-5-17(18)19/h3-10,12,14,23H,11,13H2,1-2H3,(H,24,26). The maximum atomic E-state index is 12.3. The second-order valence-electron chi connectivity index (χ2n) is 6.97. The molecular formula is C22H22N2O4. The Bertz CT molecular complexity index is 1000. The molecule has 144 valence electrons. The van der Waals surface area contributed by atoms with Crippen LogP contribution in [-0.2, 0) is 9.53 Å². The third-order valence-corrected chi connectivity index (χ3v) is 4.23. The van der Waals surface area contributed by atoms with Crippen LogP contribution in [0, 0.1) is 5.92 Å². The van der Waals surface area contributed by atoms with Crippen LogP contribution in [0.5, 0.6) is 0 Å². The Morgan fingerprint density at radius 2 is 1.75 bits per heavy atom. The lowest BCUT2D eigenvalue weighted by molar-refractivity contribution is -0.116. The number of amides is 1. The molecule has 0 aliphatic carbocycles. The highest BCUT2D eigenvalue weighted by atomic mass is 16.5. The first-order chi connectivity index (χ1) is 13.4. The third-order valence-electron chi connectivity index (χ3n) is 4.23. The number of anilines is 1. The Balaban J connectivity index is 1.57.